The van der Waals surface area contributed by atoms with E-state index in [1.807, 2.05) is 7.05 Å². The first kappa shape index (κ1) is 21.0. The fourth-order valence-electron chi connectivity index (χ4n) is 3.66. The molecule has 0 saturated carbocycles. The summed E-state index contributed by atoms with van der Waals surface area (Å²) in [6, 6.07) is 5.76. The lowest BCUT2D eigenvalue weighted by molar-refractivity contribution is -0.117. The first-order valence-electron chi connectivity index (χ1n) is 9.83. The molecule has 0 aliphatic carbocycles. The largest absolute Gasteiger partial charge is 0.345 e. The van der Waals surface area contributed by atoms with Crippen LogP contribution in [0.15, 0.2) is 30.5 Å². The van der Waals surface area contributed by atoms with Gasteiger partial charge in [-0.05, 0) is 62.5 Å². The number of hydrogen-bond donors (Lipinski definition) is 1. The summed E-state index contributed by atoms with van der Waals surface area (Å²) in [7, 11) is 5.32. The van der Waals surface area contributed by atoms with Crippen molar-refractivity contribution >= 4 is 17.5 Å². The molecule has 0 radical (unpaired) electrons. The van der Waals surface area contributed by atoms with E-state index in [1.54, 1.807) is 42.0 Å². The number of anilines is 1. The molecule has 1 saturated heterocycles. The molecule has 0 bridgehead atoms. The number of carbonyl (C=O) groups excluding carboxylic acids is 2. The minimum atomic E-state index is -0.326. The number of halogens is 1. The van der Waals surface area contributed by atoms with E-state index in [9.17, 15) is 14.0 Å². The van der Waals surface area contributed by atoms with Crippen molar-refractivity contribution < 1.29 is 14.0 Å². The zero-order valence-electron chi connectivity index (χ0n) is 17.2. The molecule has 1 aromatic heterocycles. The SMILES string of the molecule is CN(C)C(=O)c1cn(C)nc1CC1CCN(CC(=O)Nc2ccc(F)cc2)CC1. The molecule has 8 heteroatoms. The summed E-state index contributed by atoms with van der Waals surface area (Å²) >= 11 is 0. The van der Waals surface area contributed by atoms with E-state index >= 15 is 0 Å². The van der Waals surface area contributed by atoms with Gasteiger partial charge >= 0.3 is 0 Å². The second-order valence-electron chi connectivity index (χ2n) is 7.84. The molecule has 29 heavy (non-hydrogen) atoms. The molecule has 3 rings (SSSR count). The molecule has 1 aliphatic heterocycles. The highest BCUT2D eigenvalue weighted by Crippen LogP contribution is 2.23. The zero-order valence-corrected chi connectivity index (χ0v) is 17.2. The van der Waals surface area contributed by atoms with Crippen LogP contribution in [0.4, 0.5) is 10.1 Å². The fourth-order valence-corrected chi connectivity index (χ4v) is 3.66. The summed E-state index contributed by atoms with van der Waals surface area (Å²) in [5, 5.41) is 7.29. The van der Waals surface area contributed by atoms with E-state index in [0.717, 1.165) is 38.0 Å². The molecule has 2 amide bonds. The number of rotatable bonds is 6. The number of likely N-dealkylation sites (tertiary alicyclic amines) is 1. The number of amides is 2. The molecule has 2 aromatic rings. The van der Waals surface area contributed by atoms with Gasteiger partial charge in [-0.1, -0.05) is 0 Å². The number of piperidine rings is 1. The van der Waals surface area contributed by atoms with E-state index in [0.29, 0.717) is 23.7 Å². The first-order chi connectivity index (χ1) is 13.8. The number of hydrogen-bond acceptors (Lipinski definition) is 4. The summed E-state index contributed by atoms with van der Waals surface area (Å²) in [6.45, 7) is 1.97. The Bertz CT molecular complexity index is 854. The van der Waals surface area contributed by atoms with Gasteiger partial charge in [0.05, 0.1) is 17.8 Å². The smallest absolute Gasteiger partial charge is 0.256 e. The van der Waals surface area contributed by atoms with Crippen LogP contribution in [0.5, 0.6) is 0 Å². The third-order valence-corrected chi connectivity index (χ3v) is 5.23. The number of aryl methyl sites for hydroxylation is 1. The molecule has 156 valence electrons. The van der Waals surface area contributed by atoms with Crippen LogP contribution in [0.1, 0.15) is 28.9 Å². The molecule has 0 atom stereocenters. The van der Waals surface area contributed by atoms with Gasteiger partial charge in [-0.3, -0.25) is 19.2 Å². The van der Waals surface area contributed by atoms with Crippen molar-refractivity contribution in [3.63, 3.8) is 0 Å². The van der Waals surface area contributed by atoms with Gasteiger partial charge in [0.2, 0.25) is 5.91 Å². The summed E-state index contributed by atoms with van der Waals surface area (Å²) in [6.07, 6.45) is 4.46. The van der Waals surface area contributed by atoms with E-state index in [4.69, 9.17) is 0 Å². The third kappa shape index (κ3) is 5.63. The Morgan fingerprint density at radius 3 is 2.48 bits per heavy atom. The second-order valence-corrected chi connectivity index (χ2v) is 7.84. The minimum absolute atomic E-state index is 0.0250. The maximum Gasteiger partial charge on any atom is 0.256 e. The van der Waals surface area contributed by atoms with Gasteiger partial charge in [-0.2, -0.15) is 5.10 Å². The van der Waals surface area contributed by atoms with Gasteiger partial charge < -0.3 is 10.2 Å². The highest BCUT2D eigenvalue weighted by molar-refractivity contribution is 5.94. The van der Waals surface area contributed by atoms with E-state index < -0.39 is 0 Å². The fraction of sp³-hybridized carbons (Fsp3) is 0.476. The molecular formula is C21H28FN5O2. The van der Waals surface area contributed by atoms with Crippen molar-refractivity contribution in [2.75, 3.05) is 39.0 Å². The molecule has 7 nitrogen and oxygen atoms in total. The van der Waals surface area contributed by atoms with E-state index in [2.05, 4.69) is 15.3 Å². The number of carbonyl (C=O) groups is 2. The maximum absolute atomic E-state index is 13.0. The molecule has 0 unspecified atom stereocenters. The Kier molecular flexibility index (Phi) is 6.64. The molecule has 0 spiro atoms. The number of benzene rings is 1. The topological polar surface area (TPSA) is 70.5 Å². The van der Waals surface area contributed by atoms with Crippen LogP contribution in [-0.4, -0.2) is 65.1 Å². The normalized spacial score (nSPS) is 15.3. The van der Waals surface area contributed by atoms with E-state index in [1.165, 1.54) is 12.1 Å². The molecular weight excluding hydrogens is 373 g/mol. The Labute approximate surface area is 170 Å². The van der Waals surface area contributed by atoms with Crippen LogP contribution >= 0.6 is 0 Å². The first-order valence-corrected chi connectivity index (χ1v) is 9.83. The summed E-state index contributed by atoms with van der Waals surface area (Å²) < 4.78 is 14.6. The number of nitrogens with one attached hydrogen (secondary N) is 1. The Balaban J connectivity index is 1.49. The van der Waals surface area contributed by atoms with Gasteiger partial charge in [-0.15, -0.1) is 0 Å². The molecule has 1 aliphatic rings. The van der Waals surface area contributed by atoms with Crippen LogP contribution < -0.4 is 5.32 Å². The van der Waals surface area contributed by atoms with Gasteiger partial charge in [0.1, 0.15) is 5.82 Å². The lowest BCUT2D eigenvalue weighted by Gasteiger charge is -2.31. The predicted molar refractivity (Wildman–Crippen MR) is 109 cm³/mol. The number of nitrogens with zero attached hydrogens (tertiary/aromatic N) is 4. The molecule has 1 N–H and O–H groups in total. The molecule has 1 aromatic carbocycles. The van der Waals surface area contributed by atoms with Crippen molar-refractivity contribution in [3.05, 3.63) is 47.5 Å². The predicted octanol–water partition coefficient (Wildman–Crippen LogP) is 2.15. The number of aromatic nitrogens is 2. The monoisotopic (exact) mass is 401 g/mol. The Morgan fingerprint density at radius 2 is 1.86 bits per heavy atom. The Morgan fingerprint density at radius 1 is 1.21 bits per heavy atom. The summed E-state index contributed by atoms with van der Waals surface area (Å²) in [5.41, 5.74) is 2.11. The average Bonchev–Trinajstić information content (AvgIpc) is 3.04. The van der Waals surface area contributed by atoms with Crippen LogP contribution in [0.2, 0.25) is 0 Å². The van der Waals surface area contributed by atoms with Gasteiger partial charge in [0, 0.05) is 33.0 Å². The minimum Gasteiger partial charge on any atom is -0.345 e. The molecule has 2 heterocycles. The third-order valence-electron chi connectivity index (χ3n) is 5.23. The maximum atomic E-state index is 13.0. The lowest BCUT2D eigenvalue weighted by Crippen LogP contribution is -2.39. The Hall–Kier alpha value is -2.74. The van der Waals surface area contributed by atoms with Crippen LogP contribution in [-0.2, 0) is 18.3 Å². The van der Waals surface area contributed by atoms with Crippen molar-refractivity contribution in [1.82, 2.24) is 19.6 Å². The standard InChI is InChI=1S/C21H28FN5O2/c1-25(2)21(29)18-13-26(3)24-19(18)12-15-8-10-27(11-9-15)14-20(28)23-17-6-4-16(22)5-7-17/h4-7,13,15H,8-12,14H2,1-3H3,(H,23,28). The summed E-state index contributed by atoms with van der Waals surface area (Å²) in [5.74, 6) is -0.00918. The van der Waals surface area contributed by atoms with Crippen molar-refractivity contribution in [2.24, 2.45) is 13.0 Å². The lowest BCUT2D eigenvalue weighted by atomic mass is 9.91. The van der Waals surface area contributed by atoms with Crippen molar-refractivity contribution in [2.45, 2.75) is 19.3 Å². The van der Waals surface area contributed by atoms with Crippen molar-refractivity contribution in [1.29, 1.82) is 0 Å². The van der Waals surface area contributed by atoms with Gasteiger partial charge in [-0.25, -0.2) is 4.39 Å². The van der Waals surface area contributed by atoms with E-state index in [-0.39, 0.29) is 17.6 Å². The molecule has 1 fully saturated rings. The van der Waals surface area contributed by atoms with Crippen LogP contribution in [0.25, 0.3) is 0 Å². The highest BCUT2D eigenvalue weighted by Gasteiger charge is 2.25. The van der Waals surface area contributed by atoms with Crippen LogP contribution in [0.3, 0.4) is 0 Å². The van der Waals surface area contributed by atoms with Gasteiger partial charge in [0.25, 0.3) is 5.91 Å². The highest BCUT2D eigenvalue weighted by atomic mass is 19.1. The van der Waals surface area contributed by atoms with Gasteiger partial charge in [0.15, 0.2) is 0 Å². The van der Waals surface area contributed by atoms with Crippen molar-refractivity contribution in [3.8, 4) is 0 Å². The quantitative estimate of drug-likeness (QED) is 0.805. The second kappa shape index (κ2) is 9.17. The zero-order chi connectivity index (χ0) is 21.0. The average molecular weight is 401 g/mol. The van der Waals surface area contributed by atoms with Crippen LogP contribution in [0, 0.1) is 11.7 Å². The summed E-state index contributed by atoms with van der Waals surface area (Å²) in [4.78, 5) is 28.3.